The van der Waals surface area contributed by atoms with E-state index in [1.165, 1.54) is 13.0 Å². The van der Waals surface area contributed by atoms with Crippen molar-refractivity contribution in [2.24, 2.45) is 0 Å². The second kappa shape index (κ2) is 19.5. The van der Waals surface area contributed by atoms with Gasteiger partial charge in [0.25, 0.3) is 0 Å². The van der Waals surface area contributed by atoms with Crippen molar-refractivity contribution < 1.29 is 42.9 Å². The Morgan fingerprint density at radius 1 is 0.652 bits per heavy atom. The summed E-state index contributed by atoms with van der Waals surface area (Å²) in [6.07, 6.45) is 7.50. The van der Waals surface area contributed by atoms with Gasteiger partial charge in [-0.1, -0.05) is 62.9 Å². The molecule has 0 radical (unpaired) electrons. The lowest BCUT2D eigenvalue weighted by molar-refractivity contribution is -0.152. The van der Waals surface area contributed by atoms with E-state index in [4.69, 9.17) is 23.7 Å². The Balaban J connectivity index is 1.36. The molecule has 0 N–H and O–H groups in total. The zero-order chi connectivity index (χ0) is 33.1. The summed E-state index contributed by atoms with van der Waals surface area (Å²) in [5, 5.41) is 0. The summed E-state index contributed by atoms with van der Waals surface area (Å²) >= 11 is 0. The molecular formula is C37H42O9. The molecule has 244 valence electrons. The van der Waals surface area contributed by atoms with E-state index < -0.39 is 24.0 Å². The minimum Gasteiger partial charge on any atom is -0.494 e. The molecule has 3 aromatic rings. The van der Waals surface area contributed by atoms with Gasteiger partial charge in [0.15, 0.2) is 6.10 Å². The van der Waals surface area contributed by atoms with E-state index in [1.54, 1.807) is 67.6 Å². The van der Waals surface area contributed by atoms with E-state index in [-0.39, 0.29) is 12.6 Å². The number of benzene rings is 3. The van der Waals surface area contributed by atoms with Crippen molar-refractivity contribution in [1.29, 1.82) is 0 Å². The molecule has 9 nitrogen and oxygen atoms in total. The molecule has 0 aliphatic carbocycles. The lowest BCUT2D eigenvalue weighted by Gasteiger charge is -2.12. The van der Waals surface area contributed by atoms with Gasteiger partial charge in [0, 0.05) is 6.08 Å². The molecule has 0 aliphatic heterocycles. The van der Waals surface area contributed by atoms with Crippen LogP contribution in [0.1, 0.15) is 79.5 Å². The number of esters is 4. The Labute approximate surface area is 270 Å². The molecule has 0 heterocycles. The maximum atomic E-state index is 12.7. The van der Waals surface area contributed by atoms with Crippen LogP contribution in [-0.2, 0) is 23.8 Å². The lowest BCUT2D eigenvalue weighted by atomic mass is 10.0. The first-order valence-electron chi connectivity index (χ1n) is 15.6. The normalized spacial score (nSPS) is 11.2. The van der Waals surface area contributed by atoms with Crippen molar-refractivity contribution >= 4 is 23.9 Å². The minimum atomic E-state index is -0.994. The second-order valence-corrected chi connectivity index (χ2v) is 10.5. The summed E-state index contributed by atoms with van der Waals surface area (Å²) in [5.74, 6) is -0.953. The Hall–Kier alpha value is -4.92. The Morgan fingerprint density at radius 3 is 1.74 bits per heavy atom. The molecule has 0 bridgehead atoms. The van der Waals surface area contributed by atoms with E-state index in [1.807, 2.05) is 12.1 Å². The van der Waals surface area contributed by atoms with Crippen LogP contribution < -0.4 is 9.47 Å². The zero-order valence-electron chi connectivity index (χ0n) is 26.5. The third-order valence-electron chi connectivity index (χ3n) is 6.98. The number of hydrogen-bond donors (Lipinski definition) is 0. The molecule has 0 aliphatic rings. The van der Waals surface area contributed by atoms with Gasteiger partial charge in [-0.15, -0.1) is 0 Å². The predicted octanol–water partition coefficient (Wildman–Crippen LogP) is 7.52. The van der Waals surface area contributed by atoms with Gasteiger partial charge in [0.05, 0.1) is 30.9 Å². The highest BCUT2D eigenvalue weighted by atomic mass is 16.6. The first-order chi connectivity index (χ1) is 22.3. The molecule has 0 amide bonds. The zero-order valence-corrected chi connectivity index (χ0v) is 26.5. The first kappa shape index (κ1) is 35.6. The Bertz CT molecular complexity index is 1410. The van der Waals surface area contributed by atoms with Crippen molar-refractivity contribution in [1.82, 2.24) is 0 Å². The average molecular weight is 631 g/mol. The minimum absolute atomic E-state index is 0.209. The Morgan fingerprint density at radius 2 is 1.15 bits per heavy atom. The maximum Gasteiger partial charge on any atom is 0.347 e. The summed E-state index contributed by atoms with van der Waals surface area (Å²) in [4.78, 5) is 47.7. The van der Waals surface area contributed by atoms with Crippen LogP contribution in [0.5, 0.6) is 11.5 Å². The van der Waals surface area contributed by atoms with Crippen LogP contribution in [0.15, 0.2) is 85.5 Å². The van der Waals surface area contributed by atoms with Gasteiger partial charge in [0.2, 0.25) is 0 Å². The van der Waals surface area contributed by atoms with Crippen molar-refractivity contribution in [2.45, 2.75) is 64.9 Å². The van der Waals surface area contributed by atoms with Crippen molar-refractivity contribution in [3.05, 3.63) is 96.6 Å². The number of carbonyl (C=O) groups excluding carboxylic acids is 4. The fraction of sp³-hybridized carbons (Fsp3) is 0.351. The summed E-state index contributed by atoms with van der Waals surface area (Å²) < 4.78 is 26.3. The third kappa shape index (κ3) is 12.2. The molecular weight excluding hydrogens is 588 g/mol. The quantitative estimate of drug-likeness (QED) is 0.0436. The monoisotopic (exact) mass is 630 g/mol. The van der Waals surface area contributed by atoms with Crippen LogP contribution in [0.25, 0.3) is 11.1 Å². The van der Waals surface area contributed by atoms with Gasteiger partial charge in [-0.2, -0.15) is 0 Å². The fourth-order valence-electron chi connectivity index (χ4n) is 4.41. The summed E-state index contributed by atoms with van der Waals surface area (Å²) in [5.41, 5.74) is 2.44. The van der Waals surface area contributed by atoms with Crippen molar-refractivity contribution in [3.63, 3.8) is 0 Å². The van der Waals surface area contributed by atoms with Gasteiger partial charge in [-0.25, -0.2) is 19.2 Å². The van der Waals surface area contributed by atoms with Gasteiger partial charge >= 0.3 is 23.9 Å². The maximum absolute atomic E-state index is 12.7. The molecule has 0 saturated carbocycles. The summed E-state index contributed by atoms with van der Waals surface area (Å²) in [6.45, 7) is 7.79. The summed E-state index contributed by atoms with van der Waals surface area (Å²) in [7, 11) is 0. The largest absolute Gasteiger partial charge is 0.494 e. The van der Waals surface area contributed by atoms with Crippen LogP contribution in [0, 0.1) is 0 Å². The Kier molecular flexibility index (Phi) is 15.0. The van der Waals surface area contributed by atoms with Crippen molar-refractivity contribution in [2.75, 3.05) is 19.8 Å². The molecule has 1 atom stereocenters. The SMILES string of the molecule is C=CC(=O)OCCCCCCCCCOc1ccc(C(=O)Oc2ccc(-c3ccc(C(=O)OC(C)C(=O)OCC)cc3)cc2)cc1. The van der Waals surface area contributed by atoms with Gasteiger partial charge < -0.3 is 23.7 Å². The molecule has 1 unspecified atom stereocenters. The number of unbranched alkanes of at least 4 members (excludes halogenated alkanes) is 6. The van der Waals surface area contributed by atoms with Crippen LogP contribution >= 0.6 is 0 Å². The van der Waals surface area contributed by atoms with E-state index >= 15 is 0 Å². The van der Waals surface area contributed by atoms with E-state index in [9.17, 15) is 19.2 Å². The fourth-order valence-corrected chi connectivity index (χ4v) is 4.41. The van der Waals surface area contributed by atoms with Gasteiger partial charge in [-0.3, -0.25) is 0 Å². The number of rotatable bonds is 19. The molecule has 0 saturated heterocycles. The highest BCUT2D eigenvalue weighted by Crippen LogP contribution is 2.24. The molecule has 0 aromatic heterocycles. The van der Waals surface area contributed by atoms with Crippen molar-refractivity contribution in [3.8, 4) is 22.6 Å². The molecule has 3 rings (SSSR count). The standard InChI is InChI=1S/C37H42O9/c1-4-34(38)44-26-12-10-8-6-7-9-11-25-43-32-21-19-31(20-22-32)37(41)46-33-23-17-29(18-24-33)28-13-15-30(16-14-28)36(40)45-27(3)35(39)42-5-2/h4,13-24,27H,1,5-12,25-26H2,2-3H3. The number of hydrogen-bond acceptors (Lipinski definition) is 9. The van der Waals surface area contributed by atoms with Gasteiger partial charge in [-0.05, 0) is 86.3 Å². The molecule has 46 heavy (non-hydrogen) atoms. The van der Waals surface area contributed by atoms with Crippen LogP contribution in [0.4, 0.5) is 0 Å². The average Bonchev–Trinajstić information content (AvgIpc) is 3.07. The van der Waals surface area contributed by atoms with Crippen LogP contribution in [0.3, 0.4) is 0 Å². The number of ether oxygens (including phenoxy) is 5. The highest BCUT2D eigenvalue weighted by Gasteiger charge is 2.20. The lowest BCUT2D eigenvalue weighted by Crippen LogP contribution is -2.26. The van der Waals surface area contributed by atoms with E-state index in [0.29, 0.717) is 35.8 Å². The second-order valence-electron chi connectivity index (χ2n) is 10.5. The topological polar surface area (TPSA) is 114 Å². The predicted molar refractivity (Wildman–Crippen MR) is 174 cm³/mol. The molecule has 3 aromatic carbocycles. The van der Waals surface area contributed by atoms with Crippen LogP contribution in [-0.4, -0.2) is 49.8 Å². The smallest absolute Gasteiger partial charge is 0.347 e. The van der Waals surface area contributed by atoms with Gasteiger partial charge in [0.1, 0.15) is 11.5 Å². The molecule has 0 fully saturated rings. The van der Waals surface area contributed by atoms with E-state index in [2.05, 4.69) is 6.58 Å². The summed E-state index contributed by atoms with van der Waals surface area (Å²) in [6, 6.07) is 20.7. The molecule has 9 heteroatoms. The number of carbonyl (C=O) groups is 4. The third-order valence-corrected chi connectivity index (χ3v) is 6.98. The highest BCUT2D eigenvalue weighted by molar-refractivity contribution is 5.92. The van der Waals surface area contributed by atoms with Crippen LogP contribution in [0.2, 0.25) is 0 Å². The van der Waals surface area contributed by atoms with E-state index in [0.717, 1.165) is 56.1 Å². The first-order valence-corrected chi connectivity index (χ1v) is 15.6. The molecule has 0 spiro atoms.